The van der Waals surface area contributed by atoms with Crippen LogP contribution in [-0.2, 0) is 0 Å². The van der Waals surface area contributed by atoms with Crippen molar-refractivity contribution in [1.29, 1.82) is 0 Å². The first kappa shape index (κ1) is 13.7. The van der Waals surface area contributed by atoms with Gasteiger partial charge in [-0.3, -0.25) is 0 Å². The number of benzene rings is 2. The van der Waals surface area contributed by atoms with Gasteiger partial charge in [0, 0.05) is 16.1 Å². The van der Waals surface area contributed by atoms with Gasteiger partial charge in [0.25, 0.3) is 5.89 Å². The molecule has 2 N–H and O–H groups in total. The van der Waals surface area contributed by atoms with Crippen LogP contribution in [0.5, 0.6) is 0 Å². The monoisotopic (exact) mass is 297 g/mol. The zero-order valence-electron chi connectivity index (χ0n) is 11.6. The van der Waals surface area contributed by atoms with Crippen molar-refractivity contribution in [2.75, 3.05) is 11.5 Å². The van der Waals surface area contributed by atoms with Gasteiger partial charge in [-0.05, 0) is 42.2 Å². The highest BCUT2D eigenvalue weighted by Crippen LogP contribution is 2.27. The lowest BCUT2D eigenvalue weighted by atomic mass is 10.2. The SMILES string of the molecule is CCSc1ccc(-c2noc(-c3ccccc3N)n2)cc1. The molecule has 2 aromatic carbocycles. The van der Waals surface area contributed by atoms with Crippen LogP contribution in [0.25, 0.3) is 22.8 Å². The van der Waals surface area contributed by atoms with Crippen molar-refractivity contribution < 1.29 is 4.52 Å². The first-order chi connectivity index (χ1) is 10.3. The Bertz CT molecular complexity index is 737. The normalized spacial score (nSPS) is 10.7. The smallest absolute Gasteiger partial charge is 0.260 e. The van der Waals surface area contributed by atoms with E-state index in [1.165, 1.54) is 4.90 Å². The molecule has 21 heavy (non-hydrogen) atoms. The molecule has 5 heteroatoms. The number of hydrogen-bond donors (Lipinski definition) is 1. The third-order valence-electron chi connectivity index (χ3n) is 3.04. The van der Waals surface area contributed by atoms with Gasteiger partial charge in [0.15, 0.2) is 0 Å². The van der Waals surface area contributed by atoms with Crippen molar-refractivity contribution in [1.82, 2.24) is 10.1 Å². The van der Waals surface area contributed by atoms with E-state index in [0.29, 0.717) is 17.4 Å². The molecule has 0 amide bonds. The fourth-order valence-corrected chi connectivity index (χ4v) is 2.67. The zero-order valence-corrected chi connectivity index (χ0v) is 12.4. The number of nitrogen functional groups attached to an aromatic ring is 1. The molecule has 0 fully saturated rings. The van der Waals surface area contributed by atoms with Crippen molar-refractivity contribution >= 4 is 17.4 Å². The van der Waals surface area contributed by atoms with E-state index in [4.69, 9.17) is 10.3 Å². The summed E-state index contributed by atoms with van der Waals surface area (Å²) in [5, 5.41) is 4.03. The molecular formula is C16H15N3OS. The topological polar surface area (TPSA) is 64.9 Å². The standard InChI is InChI=1S/C16H15N3OS/c1-2-21-12-9-7-11(8-10-12)15-18-16(20-19-15)13-5-3-4-6-14(13)17/h3-10H,2,17H2,1H3. The van der Waals surface area contributed by atoms with Gasteiger partial charge in [-0.2, -0.15) is 4.98 Å². The van der Waals surface area contributed by atoms with Gasteiger partial charge in [0.2, 0.25) is 5.82 Å². The highest BCUT2D eigenvalue weighted by atomic mass is 32.2. The maximum Gasteiger partial charge on any atom is 0.260 e. The Morgan fingerprint density at radius 3 is 2.57 bits per heavy atom. The lowest BCUT2D eigenvalue weighted by molar-refractivity contribution is 0.432. The summed E-state index contributed by atoms with van der Waals surface area (Å²) in [6, 6.07) is 15.6. The molecule has 0 radical (unpaired) electrons. The van der Waals surface area contributed by atoms with E-state index in [0.717, 1.165) is 16.9 Å². The Hall–Kier alpha value is -2.27. The number of thioether (sulfide) groups is 1. The minimum absolute atomic E-state index is 0.440. The first-order valence-electron chi connectivity index (χ1n) is 6.69. The highest BCUT2D eigenvalue weighted by molar-refractivity contribution is 7.99. The molecule has 3 rings (SSSR count). The highest BCUT2D eigenvalue weighted by Gasteiger charge is 2.12. The molecule has 0 unspecified atom stereocenters. The summed E-state index contributed by atoms with van der Waals surface area (Å²) in [5.74, 6) is 2.07. The molecular weight excluding hydrogens is 282 g/mol. The van der Waals surface area contributed by atoms with Crippen molar-refractivity contribution in [2.24, 2.45) is 0 Å². The van der Waals surface area contributed by atoms with E-state index in [2.05, 4.69) is 29.2 Å². The minimum Gasteiger partial charge on any atom is -0.398 e. The lowest BCUT2D eigenvalue weighted by Gasteiger charge is -1.99. The molecule has 0 saturated carbocycles. The summed E-state index contributed by atoms with van der Waals surface area (Å²) < 4.78 is 5.32. The molecule has 0 saturated heterocycles. The molecule has 4 nitrogen and oxygen atoms in total. The van der Waals surface area contributed by atoms with Gasteiger partial charge >= 0.3 is 0 Å². The maximum atomic E-state index is 5.92. The first-order valence-corrected chi connectivity index (χ1v) is 7.68. The third-order valence-corrected chi connectivity index (χ3v) is 3.93. The second-order valence-corrected chi connectivity index (χ2v) is 5.81. The maximum absolute atomic E-state index is 5.92. The largest absolute Gasteiger partial charge is 0.398 e. The molecule has 0 spiro atoms. The molecule has 0 aliphatic heterocycles. The number of hydrogen-bond acceptors (Lipinski definition) is 5. The summed E-state index contributed by atoms with van der Waals surface area (Å²) in [6.45, 7) is 2.13. The molecule has 3 aromatic rings. The van der Waals surface area contributed by atoms with Gasteiger partial charge in [-0.1, -0.05) is 24.2 Å². The van der Waals surface area contributed by atoms with Crippen LogP contribution in [-0.4, -0.2) is 15.9 Å². The fourth-order valence-electron chi connectivity index (χ4n) is 2.01. The number of anilines is 1. The Morgan fingerprint density at radius 2 is 1.86 bits per heavy atom. The van der Waals surface area contributed by atoms with Crippen LogP contribution >= 0.6 is 11.8 Å². The molecule has 0 aliphatic rings. The number of aromatic nitrogens is 2. The zero-order chi connectivity index (χ0) is 14.7. The molecule has 1 aromatic heterocycles. The quantitative estimate of drug-likeness (QED) is 0.580. The summed E-state index contributed by atoms with van der Waals surface area (Å²) in [5.41, 5.74) is 8.24. The minimum atomic E-state index is 0.440. The van der Waals surface area contributed by atoms with E-state index in [-0.39, 0.29) is 0 Å². The van der Waals surface area contributed by atoms with Gasteiger partial charge in [0.1, 0.15) is 0 Å². The van der Waals surface area contributed by atoms with Crippen LogP contribution in [0.2, 0.25) is 0 Å². The summed E-state index contributed by atoms with van der Waals surface area (Å²) >= 11 is 1.80. The van der Waals surface area contributed by atoms with Crippen molar-refractivity contribution in [2.45, 2.75) is 11.8 Å². The van der Waals surface area contributed by atoms with Crippen LogP contribution in [0.1, 0.15) is 6.92 Å². The second-order valence-electron chi connectivity index (χ2n) is 4.47. The second kappa shape index (κ2) is 6.01. The third kappa shape index (κ3) is 2.92. The van der Waals surface area contributed by atoms with E-state index >= 15 is 0 Å². The molecule has 106 valence electrons. The predicted molar refractivity (Wildman–Crippen MR) is 86.0 cm³/mol. The van der Waals surface area contributed by atoms with Gasteiger partial charge in [0.05, 0.1) is 5.56 Å². The Morgan fingerprint density at radius 1 is 1.10 bits per heavy atom. The van der Waals surface area contributed by atoms with Crippen LogP contribution in [0.4, 0.5) is 5.69 Å². The average Bonchev–Trinajstić information content (AvgIpc) is 2.98. The van der Waals surface area contributed by atoms with Crippen LogP contribution in [0.3, 0.4) is 0 Å². The van der Waals surface area contributed by atoms with Crippen molar-refractivity contribution in [3.05, 3.63) is 48.5 Å². The Labute approximate surface area is 127 Å². The molecule has 0 bridgehead atoms. The van der Waals surface area contributed by atoms with Gasteiger partial charge < -0.3 is 10.3 Å². The van der Waals surface area contributed by atoms with Crippen molar-refractivity contribution in [3.63, 3.8) is 0 Å². The lowest BCUT2D eigenvalue weighted by Crippen LogP contribution is -1.89. The Kier molecular flexibility index (Phi) is 3.92. The number of nitrogens with zero attached hydrogens (tertiary/aromatic N) is 2. The summed E-state index contributed by atoms with van der Waals surface area (Å²) in [6.07, 6.45) is 0. The average molecular weight is 297 g/mol. The number of rotatable bonds is 4. The van der Waals surface area contributed by atoms with E-state index < -0.39 is 0 Å². The predicted octanol–water partition coefficient (Wildman–Crippen LogP) is 4.10. The summed E-state index contributed by atoms with van der Waals surface area (Å²) in [4.78, 5) is 5.66. The van der Waals surface area contributed by atoms with E-state index in [9.17, 15) is 0 Å². The van der Waals surface area contributed by atoms with E-state index in [1.807, 2.05) is 36.4 Å². The van der Waals surface area contributed by atoms with Gasteiger partial charge in [-0.15, -0.1) is 11.8 Å². The van der Waals surface area contributed by atoms with E-state index in [1.54, 1.807) is 11.8 Å². The molecule has 0 atom stereocenters. The van der Waals surface area contributed by atoms with Gasteiger partial charge in [-0.25, -0.2) is 0 Å². The van der Waals surface area contributed by atoms with Crippen LogP contribution in [0.15, 0.2) is 57.9 Å². The molecule has 1 heterocycles. The van der Waals surface area contributed by atoms with Crippen LogP contribution in [0, 0.1) is 0 Å². The fraction of sp³-hybridized carbons (Fsp3) is 0.125. The molecule has 0 aliphatic carbocycles. The van der Waals surface area contributed by atoms with Crippen molar-refractivity contribution in [3.8, 4) is 22.8 Å². The number of nitrogens with two attached hydrogens (primary N) is 1. The summed E-state index contributed by atoms with van der Waals surface area (Å²) in [7, 11) is 0. The number of para-hydroxylation sites is 1. The Balaban J connectivity index is 1.89. The van der Waals surface area contributed by atoms with Crippen LogP contribution < -0.4 is 5.73 Å².